The molecule has 0 atom stereocenters. The number of hydrogen-bond donors (Lipinski definition) is 2. The molecule has 0 radical (unpaired) electrons. The van der Waals surface area contributed by atoms with Gasteiger partial charge in [-0.15, -0.1) is 0 Å². The Balaban J connectivity index is 2.33. The molecule has 0 unspecified atom stereocenters. The third-order valence-electron chi connectivity index (χ3n) is 2.78. The molecule has 0 amide bonds. The van der Waals surface area contributed by atoms with Crippen LogP contribution in [-0.2, 0) is 12.7 Å². The Morgan fingerprint density at radius 1 is 1.05 bits per heavy atom. The second-order valence-corrected chi connectivity index (χ2v) is 4.18. The zero-order chi connectivity index (χ0) is 14.8. The molecule has 2 rings (SSSR count). The summed E-state index contributed by atoms with van der Waals surface area (Å²) in [6.45, 7) is 0.0330. The molecule has 6 heteroatoms. The van der Waals surface area contributed by atoms with E-state index in [-0.39, 0.29) is 17.9 Å². The molecule has 0 aliphatic rings. The largest absolute Gasteiger partial charge is 0.418 e. The fourth-order valence-electron chi connectivity index (χ4n) is 1.79. The van der Waals surface area contributed by atoms with E-state index < -0.39 is 17.6 Å². The highest BCUT2D eigenvalue weighted by molar-refractivity contribution is 5.64. The SMILES string of the molecule is NCc1ccc(Nc2ccccc2C(F)(F)F)cc1F. The summed E-state index contributed by atoms with van der Waals surface area (Å²) in [7, 11) is 0. The monoisotopic (exact) mass is 284 g/mol. The molecule has 0 bridgehead atoms. The molecular formula is C14H12F4N2. The number of nitrogens with one attached hydrogen (secondary N) is 1. The summed E-state index contributed by atoms with van der Waals surface area (Å²) >= 11 is 0. The van der Waals surface area contributed by atoms with Crippen LogP contribution in [0.15, 0.2) is 42.5 Å². The van der Waals surface area contributed by atoms with Gasteiger partial charge in [0, 0.05) is 17.8 Å². The molecule has 2 nitrogen and oxygen atoms in total. The Labute approximate surface area is 113 Å². The lowest BCUT2D eigenvalue weighted by Crippen LogP contribution is -2.08. The first kappa shape index (κ1) is 14.3. The van der Waals surface area contributed by atoms with Crippen molar-refractivity contribution in [1.82, 2.24) is 0 Å². The molecule has 0 aliphatic heterocycles. The van der Waals surface area contributed by atoms with Crippen molar-refractivity contribution < 1.29 is 17.6 Å². The highest BCUT2D eigenvalue weighted by Gasteiger charge is 2.33. The van der Waals surface area contributed by atoms with Crippen molar-refractivity contribution in [3.05, 3.63) is 59.4 Å². The molecule has 3 N–H and O–H groups in total. The Morgan fingerprint density at radius 3 is 2.35 bits per heavy atom. The van der Waals surface area contributed by atoms with Crippen molar-refractivity contribution in [2.75, 3.05) is 5.32 Å². The van der Waals surface area contributed by atoms with Crippen LogP contribution in [0.1, 0.15) is 11.1 Å². The first-order chi connectivity index (χ1) is 9.41. The van der Waals surface area contributed by atoms with E-state index in [4.69, 9.17) is 5.73 Å². The van der Waals surface area contributed by atoms with Crippen LogP contribution in [0.4, 0.5) is 28.9 Å². The van der Waals surface area contributed by atoms with Gasteiger partial charge in [-0.3, -0.25) is 0 Å². The van der Waals surface area contributed by atoms with Crippen molar-refractivity contribution >= 4 is 11.4 Å². The first-order valence-corrected chi connectivity index (χ1v) is 5.83. The maximum Gasteiger partial charge on any atom is 0.418 e. The quantitative estimate of drug-likeness (QED) is 0.834. The Bertz CT molecular complexity index is 608. The van der Waals surface area contributed by atoms with E-state index in [0.29, 0.717) is 5.56 Å². The van der Waals surface area contributed by atoms with Crippen molar-refractivity contribution in [3.8, 4) is 0 Å². The Morgan fingerprint density at radius 2 is 1.75 bits per heavy atom. The third kappa shape index (κ3) is 3.08. The first-order valence-electron chi connectivity index (χ1n) is 5.83. The second kappa shape index (κ2) is 5.50. The van der Waals surface area contributed by atoms with Gasteiger partial charge in [-0.25, -0.2) is 4.39 Å². The number of nitrogens with two attached hydrogens (primary N) is 1. The van der Waals surface area contributed by atoms with E-state index in [1.807, 2.05) is 0 Å². The van der Waals surface area contributed by atoms with E-state index in [9.17, 15) is 17.6 Å². The lowest BCUT2D eigenvalue weighted by atomic mass is 10.1. The number of para-hydroxylation sites is 1. The average molecular weight is 284 g/mol. The predicted octanol–water partition coefficient (Wildman–Crippen LogP) is 4.05. The molecule has 0 heterocycles. The maximum absolute atomic E-state index is 13.5. The van der Waals surface area contributed by atoms with Crippen molar-refractivity contribution in [3.63, 3.8) is 0 Å². The van der Waals surface area contributed by atoms with E-state index in [1.165, 1.54) is 30.3 Å². The van der Waals surface area contributed by atoms with Gasteiger partial charge in [0.25, 0.3) is 0 Å². The molecule has 2 aromatic rings. The fourth-order valence-corrected chi connectivity index (χ4v) is 1.79. The summed E-state index contributed by atoms with van der Waals surface area (Å²) in [5.41, 5.74) is 4.94. The molecule has 0 spiro atoms. The molecule has 20 heavy (non-hydrogen) atoms. The summed E-state index contributed by atoms with van der Waals surface area (Å²) in [5.74, 6) is -0.554. The third-order valence-corrected chi connectivity index (χ3v) is 2.78. The summed E-state index contributed by atoms with van der Waals surface area (Å²) in [6.07, 6.45) is -4.47. The van der Waals surface area contributed by atoms with Crippen LogP contribution in [0.5, 0.6) is 0 Å². The van der Waals surface area contributed by atoms with Crippen LogP contribution in [0.25, 0.3) is 0 Å². The molecule has 0 aromatic heterocycles. The lowest BCUT2D eigenvalue weighted by molar-refractivity contribution is -0.136. The highest BCUT2D eigenvalue weighted by Crippen LogP contribution is 2.35. The number of benzene rings is 2. The molecular weight excluding hydrogens is 272 g/mol. The highest BCUT2D eigenvalue weighted by atomic mass is 19.4. The summed E-state index contributed by atoms with van der Waals surface area (Å²) in [4.78, 5) is 0. The standard InChI is InChI=1S/C14H12F4N2/c15-12-7-10(6-5-9(12)8-19)20-13-4-2-1-3-11(13)14(16,17)18/h1-7,20H,8,19H2. The molecule has 106 valence electrons. The van der Waals surface area contributed by atoms with Crippen LogP contribution in [0.3, 0.4) is 0 Å². The minimum Gasteiger partial charge on any atom is -0.355 e. The van der Waals surface area contributed by atoms with Crippen LogP contribution < -0.4 is 11.1 Å². The molecule has 0 saturated carbocycles. The van der Waals surface area contributed by atoms with Gasteiger partial charge in [-0.05, 0) is 24.3 Å². The number of rotatable bonds is 3. The summed E-state index contributed by atoms with van der Waals surface area (Å²) in [6, 6.07) is 9.07. The predicted molar refractivity (Wildman–Crippen MR) is 69.0 cm³/mol. The number of alkyl halides is 3. The minimum absolute atomic E-state index is 0.0330. The van der Waals surface area contributed by atoms with Gasteiger partial charge in [0.15, 0.2) is 0 Å². The number of halogens is 4. The molecule has 0 aliphatic carbocycles. The fraction of sp³-hybridized carbons (Fsp3) is 0.143. The van der Waals surface area contributed by atoms with Gasteiger partial charge in [-0.1, -0.05) is 18.2 Å². The van der Waals surface area contributed by atoms with Crippen LogP contribution in [-0.4, -0.2) is 0 Å². The number of hydrogen-bond acceptors (Lipinski definition) is 2. The summed E-state index contributed by atoms with van der Waals surface area (Å²) < 4.78 is 52.0. The van der Waals surface area contributed by atoms with E-state index in [1.54, 1.807) is 0 Å². The van der Waals surface area contributed by atoms with Crippen LogP contribution in [0, 0.1) is 5.82 Å². The van der Waals surface area contributed by atoms with Gasteiger partial charge in [-0.2, -0.15) is 13.2 Å². The van der Waals surface area contributed by atoms with Gasteiger partial charge in [0.1, 0.15) is 5.82 Å². The van der Waals surface area contributed by atoms with Crippen molar-refractivity contribution in [1.29, 1.82) is 0 Å². The Hall–Kier alpha value is -2.08. The normalized spacial score (nSPS) is 11.4. The molecule has 0 fully saturated rings. The maximum atomic E-state index is 13.5. The zero-order valence-corrected chi connectivity index (χ0v) is 10.3. The molecule has 2 aromatic carbocycles. The second-order valence-electron chi connectivity index (χ2n) is 4.18. The van der Waals surface area contributed by atoms with Gasteiger partial charge in [0.2, 0.25) is 0 Å². The van der Waals surface area contributed by atoms with E-state index in [0.717, 1.165) is 12.1 Å². The number of anilines is 2. The summed E-state index contributed by atoms with van der Waals surface area (Å²) in [5, 5.41) is 2.57. The van der Waals surface area contributed by atoms with Gasteiger partial charge < -0.3 is 11.1 Å². The smallest absolute Gasteiger partial charge is 0.355 e. The van der Waals surface area contributed by atoms with E-state index in [2.05, 4.69) is 5.32 Å². The minimum atomic E-state index is -4.47. The van der Waals surface area contributed by atoms with Crippen molar-refractivity contribution in [2.24, 2.45) is 5.73 Å². The lowest BCUT2D eigenvalue weighted by Gasteiger charge is -2.14. The van der Waals surface area contributed by atoms with Gasteiger partial charge in [0.05, 0.1) is 11.3 Å². The topological polar surface area (TPSA) is 38.0 Å². The van der Waals surface area contributed by atoms with Gasteiger partial charge >= 0.3 is 6.18 Å². The average Bonchev–Trinajstić information content (AvgIpc) is 2.38. The van der Waals surface area contributed by atoms with Crippen molar-refractivity contribution in [2.45, 2.75) is 12.7 Å². The Kier molecular flexibility index (Phi) is 3.94. The molecule has 0 saturated heterocycles. The zero-order valence-electron chi connectivity index (χ0n) is 10.3. The van der Waals surface area contributed by atoms with E-state index >= 15 is 0 Å². The van der Waals surface area contributed by atoms with Crippen LogP contribution >= 0.6 is 0 Å². The van der Waals surface area contributed by atoms with Crippen LogP contribution in [0.2, 0.25) is 0 Å².